The number of β-amino-alcohol motifs (C(OH)–C–C–N with tert-alkyl or cyclic N) is 1. The number of primary amides is 1. The van der Waals surface area contributed by atoms with Crippen LogP contribution >= 0.6 is 0 Å². The Labute approximate surface area is 189 Å². The summed E-state index contributed by atoms with van der Waals surface area (Å²) in [5, 5.41) is 16.3. The van der Waals surface area contributed by atoms with Gasteiger partial charge in [-0.3, -0.25) is 9.69 Å². The minimum absolute atomic E-state index is 0.0878. The van der Waals surface area contributed by atoms with E-state index in [1.807, 2.05) is 54.6 Å². The third kappa shape index (κ3) is 7.33. The topological polar surface area (TPSA) is 111 Å². The Morgan fingerprint density at radius 2 is 1.78 bits per heavy atom. The second-order valence-electron chi connectivity index (χ2n) is 8.40. The molecule has 0 aliphatic carbocycles. The Hall–Kier alpha value is -2.94. The van der Waals surface area contributed by atoms with E-state index in [0.717, 1.165) is 42.7 Å². The van der Waals surface area contributed by atoms with E-state index >= 15 is 0 Å². The summed E-state index contributed by atoms with van der Waals surface area (Å²) in [6.07, 6.45) is 1.08. The van der Waals surface area contributed by atoms with E-state index in [9.17, 15) is 14.7 Å². The number of anilines is 1. The molecule has 0 spiro atoms. The number of piperidine rings is 1. The highest BCUT2D eigenvalue weighted by atomic mass is 16.3. The van der Waals surface area contributed by atoms with Crippen molar-refractivity contribution in [2.24, 2.45) is 5.73 Å². The lowest BCUT2D eigenvalue weighted by Gasteiger charge is -2.34. The fourth-order valence-electron chi connectivity index (χ4n) is 4.11. The van der Waals surface area contributed by atoms with E-state index < -0.39 is 12.0 Å². The van der Waals surface area contributed by atoms with Gasteiger partial charge in [-0.1, -0.05) is 48.5 Å². The van der Waals surface area contributed by atoms with Crippen LogP contribution in [0, 0.1) is 0 Å². The number of para-hydroxylation sites is 1. The Kier molecular flexibility index (Phi) is 8.61. The van der Waals surface area contributed by atoms with Crippen LogP contribution in [0.1, 0.15) is 12.8 Å². The SMILES string of the molecule is CN(CC(N)=O)CC(O)CN1CCC(NC(=O)Nc2ccccc2-c2ccccc2)CC1. The molecule has 3 amide bonds. The molecule has 1 atom stereocenters. The van der Waals surface area contributed by atoms with Crippen LogP contribution in [0.2, 0.25) is 0 Å². The number of nitrogens with two attached hydrogens (primary N) is 1. The Balaban J connectivity index is 1.44. The number of likely N-dealkylation sites (tertiary alicyclic amines) is 1. The minimum atomic E-state index is -0.554. The molecule has 1 heterocycles. The van der Waals surface area contributed by atoms with E-state index in [4.69, 9.17) is 5.73 Å². The van der Waals surface area contributed by atoms with E-state index in [1.54, 1.807) is 11.9 Å². The number of aliphatic hydroxyl groups is 1. The molecule has 8 nitrogen and oxygen atoms in total. The van der Waals surface area contributed by atoms with Crippen molar-refractivity contribution in [1.82, 2.24) is 15.1 Å². The second kappa shape index (κ2) is 11.6. The van der Waals surface area contributed by atoms with E-state index in [0.29, 0.717) is 13.1 Å². The largest absolute Gasteiger partial charge is 0.390 e. The monoisotopic (exact) mass is 439 g/mol. The van der Waals surface area contributed by atoms with Crippen LogP contribution in [0.15, 0.2) is 54.6 Å². The Morgan fingerprint density at radius 3 is 2.47 bits per heavy atom. The summed E-state index contributed by atoms with van der Waals surface area (Å²) in [5.41, 5.74) is 7.99. The van der Waals surface area contributed by atoms with Gasteiger partial charge in [-0.05, 0) is 31.5 Å². The molecule has 1 fully saturated rings. The number of amides is 3. The first-order chi connectivity index (χ1) is 15.4. The molecule has 0 aromatic heterocycles. The Bertz CT molecular complexity index is 884. The molecule has 8 heteroatoms. The summed E-state index contributed by atoms with van der Waals surface area (Å²) in [6, 6.07) is 17.6. The smallest absolute Gasteiger partial charge is 0.319 e. The normalized spacial score (nSPS) is 16.0. The third-order valence-corrected chi connectivity index (χ3v) is 5.60. The fraction of sp³-hybridized carbons (Fsp3) is 0.417. The van der Waals surface area contributed by atoms with Gasteiger partial charge < -0.3 is 26.4 Å². The molecule has 5 N–H and O–H groups in total. The highest BCUT2D eigenvalue weighted by Crippen LogP contribution is 2.27. The molecular formula is C24H33N5O3. The van der Waals surface area contributed by atoms with Crippen LogP contribution in [-0.4, -0.2) is 78.8 Å². The number of nitrogens with one attached hydrogen (secondary N) is 2. The first-order valence-corrected chi connectivity index (χ1v) is 11.0. The molecular weight excluding hydrogens is 406 g/mol. The van der Waals surface area contributed by atoms with Crippen molar-refractivity contribution in [3.8, 4) is 11.1 Å². The van der Waals surface area contributed by atoms with E-state index in [1.165, 1.54) is 0 Å². The molecule has 1 unspecified atom stereocenters. The number of carbonyl (C=O) groups excluding carboxylic acids is 2. The third-order valence-electron chi connectivity index (χ3n) is 5.60. The predicted octanol–water partition coefficient (Wildman–Crippen LogP) is 1.72. The van der Waals surface area contributed by atoms with Crippen LogP contribution in [0.4, 0.5) is 10.5 Å². The zero-order chi connectivity index (χ0) is 22.9. The minimum Gasteiger partial charge on any atom is -0.390 e. The first kappa shape index (κ1) is 23.7. The standard InChI is InChI=1S/C24H33N5O3/c1-28(17-23(25)31)15-20(30)16-29-13-11-19(12-14-29)26-24(32)27-22-10-6-5-9-21(22)18-7-3-2-4-8-18/h2-10,19-20,30H,11-17H2,1H3,(H2,25,31)(H2,26,27,32). The van der Waals surface area contributed by atoms with Crippen molar-refractivity contribution in [3.63, 3.8) is 0 Å². The molecule has 0 saturated carbocycles. The number of hydrogen-bond acceptors (Lipinski definition) is 5. The summed E-state index contributed by atoms with van der Waals surface area (Å²) >= 11 is 0. The zero-order valence-corrected chi connectivity index (χ0v) is 18.5. The maximum atomic E-state index is 12.6. The number of carbonyl (C=O) groups is 2. The summed E-state index contributed by atoms with van der Waals surface area (Å²) in [7, 11) is 1.76. The van der Waals surface area contributed by atoms with Crippen LogP contribution in [-0.2, 0) is 4.79 Å². The molecule has 0 radical (unpaired) electrons. The van der Waals surface area contributed by atoms with Crippen LogP contribution < -0.4 is 16.4 Å². The van der Waals surface area contributed by atoms with Crippen molar-refractivity contribution in [3.05, 3.63) is 54.6 Å². The van der Waals surface area contributed by atoms with E-state index in [-0.39, 0.29) is 18.6 Å². The van der Waals surface area contributed by atoms with Gasteiger partial charge in [0.05, 0.1) is 18.3 Å². The lowest BCUT2D eigenvalue weighted by molar-refractivity contribution is -0.119. The maximum Gasteiger partial charge on any atom is 0.319 e. The molecule has 172 valence electrons. The lowest BCUT2D eigenvalue weighted by atomic mass is 10.0. The van der Waals surface area contributed by atoms with Gasteiger partial charge in [0, 0.05) is 37.8 Å². The lowest BCUT2D eigenvalue weighted by Crippen LogP contribution is -2.48. The average molecular weight is 440 g/mol. The number of rotatable bonds is 9. The molecule has 2 aromatic carbocycles. The quantitative estimate of drug-likeness (QED) is 0.475. The number of likely N-dealkylation sites (N-methyl/N-ethyl adjacent to an activating group) is 1. The van der Waals surface area contributed by atoms with Gasteiger partial charge in [-0.2, -0.15) is 0 Å². The molecule has 32 heavy (non-hydrogen) atoms. The van der Waals surface area contributed by atoms with Gasteiger partial charge >= 0.3 is 6.03 Å². The van der Waals surface area contributed by atoms with Gasteiger partial charge in [-0.25, -0.2) is 4.79 Å². The van der Waals surface area contributed by atoms with Crippen molar-refractivity contribution < 1.29 is 14.7 Å². The molecule has 1 aliphatic heterocycles. The van der Waals surface area contributed by atoms with Gasteiger partial charge in [0.25, 0.3) is 0 Å². The summed E-state index contributed by atoms with van der Waals surface area (Å²) in [4.78, 5) is 27.5. The highest BCUT2D eigenvalue weighted by molar-refractivity contribution is 5.94. The summed E-state index contributed by atoms with van der Waals surface area (Å²) in [6.45, 7) is 2.65. The second-order valence-corrected chi connectivity index (χ2v) is 8.40. The van der Waals surface area contributed by atoms with Gasteiger partial charge in [0.15, 0.2) is 0 Å². The summed E-state index contributed by atoms with van der Waals surface area (Å²) < 4.78 is 0. The Morgan fingerprint density at radius 1 is 1.12 bits per heavy atom. The van der Waals surface area contributed by atoms with Crippen LogP contribution in [0.3, 0.4) is 0 Å². The first-order valence-electron chi connectivity index (χ1n) is 11.0. The van der Waals surface area contributed by atoms with Crippen LogP contribution in [0.5, 0.6) is 0 Å². The molecule has 1 saturated heterocycles. The fourth-order valence-corrected chi connectivity index (χ4v) is 4.11. The average Bonchev–Trinajstić information content (AvgIpc) is 2.75. The van der Waals surface area contributed by atoms with Crippen molar-refractivity contribution >= 4 is 17.6 Å². The van der Waals surface area contributed by atoms with Gasteiger partial charge in [-0.15, -0.1) is 0 Å². The molecule has 2 aromatic rings. The van der Waals surface area contributed by atoms with E-state index in [2.05, 4.69) is 15.5 Å². The zero-order valence-electron chi connectivity index (χ0n) is 18.5. The maximum absolute atomic E-state index is 12.6. The number of nitrogens with zero attached hydrogens (tertiary/aromatic N) is 2. The van der Waals surface area contributed by atoms with Crippen LogP contribution in [0.25, 0.3) is 11.1 Å². The van der Waals surface area contributed by atoms with Gasteiger partial charge in [0.2, 0.25) is 5.91 Å². The highest BCUT2D eigenvalue weighted by Gasteiger charge is 2.23. The number of aliphatic hydroxyl groups excluding tert-OH is 1. The predicted molar refractivity (Wildman–Crippen MR) is 126 cm³/mol. The molecule has 3 rings (SSSR count). The number of benzene rings is 2. The van der Waals surface area contributed by atoms with Crippen molar-refractivity contribution in [2.75, 3.05) is 45.1 Å². The molecule has 0 bridgehead atoms. The number of urea groups is 1. The molecule has 1 aliphatic rings. The number of hydrogen-bond donors (Lipinski definition) is 4. The van der Waals surface area contributed by atoms with Crippen molar-refractivity contribution in [1.29, 1.82) is 0 Å². The van der Waals surface area contributed by atoms with Crippen molar-refractivity contribution in [2.45, 2.75) is 25.0 Å². The summed E-state index contributed by atoms with van der Waals surface area (Å²) in [5.74, 6) is -0.406. The van der Waals surface area contributed by atoms with Gasteiger partial charge in [0.1, 0.15) is 0 Å².